The van der Waals surface area contributed by atoms with E-state index in [9.17, 15) is 4.79 Å². The molecule has 62 valence electrons. The molecule has 0 aliphatic heterocycles. The lowest BCUT2D eigenvalue weighted by Crippen LogP contribution is -2.14. The quantitative estimate of drug-likeness (QED) is 0.294. The zero-order valence-corrected chi connectivity index (χ0v) is 7.27. The number of hydrogen-bond donors (Lipinski definition) is 0. The van der Waals surface area contributed by atoms with E-state index >= 15 is 0 Å². The van der Waals surface area contributed by atoms with Crippen molar-refractivity contribution in [1.82, 2.24) is 0 Å². The second-order valence-corrected chi connectivity index (χ2v) is 3.88. The van der Waals surface area contributed by atoms with Gasteiger partial charge in [-0.3, -0.25) is 0 Å². The number of hydrogen-bond acceptors (Lipinski definition) is 2. The number of amides is 1. The molecule has 0 N–H and O–H groups in total. The molecule has 0 aromatic carbocycles. The van der Waals surface area contributed by atoms with Crippen LogP contribution in [0.15, 0.2) is 5.11 Å². The monoisotopic (exact) mass is 217 g/mol. The van der Waals surface area contributed by atoms with Crippen molar-refractivity contribution in [2.75, 3.05) is 6.61 Å². The molecule has 0 unspecified atom stereocenters. The molecule has 0 aliphatic carbocycles. The third-order valence-electron chi connectivity index (χ3n) is 0.486. The van der Waals surface area contributed by atoms with Gasteiger partial charge in [0.25, 0.3) is 0 Å². The maximum atomic E-state index is 10.3. The Morgan fingerprint density at radius 3 is 2.55 bits per heavy atom. The molecule has 0 heterocycles. The molecule has 0 spiro atoms. The Bertz CT molecular complexity index is 194. The lowest BCUT2D eigenvalue weighted by atomic mass is 10.8. The van der Waals surface area contributed by atoms with E-state index in [0.717, 1.165) is 0 Å². The highest BCUT2D eigenvalue weighted by molar-refractivity contribution is 6.67. The van der Waals surface area contributed by atoms with Crippen LogP contribution < -0.4 is 0 Å². The van der Waals surface area contributed by atoms with E-state index in [1.807, 2.05) is 0 Å². The van der Waals surface area contributed by atoms with E-state index in [1.165, 1.54) is 0 Å². The first-order valence-electron chi connectivity index (χ1n) is 2.24. The van der Waals surface area contributed by atoms with Crippen LogP contribution in [0.2, 0.25) is 0 Å². The Morgan fingerprint density at radius 2 is 2.18 bits per heavy atom. The van der Waals surface area contributed by atoms with Crippen LogP contribution in [0.4, 0.5) is 4.79 Å². The molecule has 0 atom stereocenters. The summed E-state index contributed by atoms with van der Waals surface area (Å²) in [5.74, 6) is 0. The van der Waals surface area contributed by atoms with Crippen molar-refractivity contribution in [3.05, 3.63) is 10.4 Å². The highest BCUT2D eigenvalue weighted by Gasteiger charge is 2.21. The predicted molar refractivity (Wildman–Crippen MR) is 40.8 cm³/mol. The molecular weight excluding hydrogens is 216 g/mol. The summed E-state index contributed by atoms with van der Waals surface area (Å²) in [7, 11) is 0. The van der Waals surface area contributed by atoms with Crippen molar-refractivity contribution < 1.29 is 9.53 Å². The van der Waals surface area contributed by atoms with Gasteiger partial charge >= 0.3 is 6.09 Å². The number of halogens is 3. The summed E-state index contributed by atoms with van der Waals surface area (Å²) >= 11 is 15.6. The van der Waals surface area contributed by atoms with Crippen LogP contribution in [0, 0.1) is 0 Å². The first-order valence-corrected chi connectivity index (χ1v) is 3.37. The molecule has 5 nitrogen and oxygen atoms in total. The topological polar surface area (TPSA) is 75.1 Å². The second kappa shape index (κ2) is 4.51. The number of alkyl halides is 3. The van der Waals surface area contributed by atoms with E-state index in [-0.39, 0.29) is 0 Å². The smallest absolute Gasteiger partial charge is 0.396 e. The number of azide groups is 1. The predicted octanol–water partition coefficient (Wildman–Crippen LogP) is 2.80. The zero-order chi connectivity index (χ0) is 8.91. The van der Waals surface area contributed by atoms with Crippen molar-refractivity contribution in [3.8, 4) is 0 Å². The van der Waals surface area contributed by atoms with Gasteiger partial charge in [0.2, 0.25) is 3.79 Å². The van der Waals surface area contributed by atoms with Crippen molar-refractivity contribution in [3.63, 3.8) is 0 Å². The molecule has 11 heavy (non-hydrogen) atoms. The van der Waals surface area contributed by atoms with Gasteiger partial charge in [0, 0.05) is 10.0 Å². The zero-order valence-electron chi connectivity index (χ0n) is 5.00. The Balaban J connectivity index is 3.72. The van der Waals surface area contributed by atoms with Crippen LogP contribution in [0.25, 0.3) is 10.4 Å². The maximum absolute atomic E-state index is 10.3. The normalized spacial score (nSPS) is 10.1. The Hall–Kier alpha value is -0.350. The summed E-state index contributed by atoms with van der Waals surface area (Å²) in [6.07, 6.45) is -1.13. The summed E-state index contributed by atoms with van der Waals surface area (Å²) in [5.41, 5.74) is 7.72. The average molecular weight is 218 g/mol. The van der Waals surface area contributed by atoms with Crippen molar-refractivity contribution in [2.24, 2.45) is 5.11 Å². The number of rotatable bonds is 1. The minimum absolute atomic E-state index is 0.449. The van der Waals surface area contributed by atoms with Gasteiger partial charge in [0.15, 0.2) is 0 Å². The highest BCUT2D eigenvalue weighted by Crippen LogP contribution is 2.25. The molecule has 0 bridgehead atoms. The Kier molecular flexibility index (Phi) is 4.37. The third kappa shape index (κ3) is 7.55. The second-order valence-electron chi connectivity index (χ2n) is 1.36. The van der Waals surface area contributed by atoms with Gasteiger partial charge in [-0.15, -0.1) is 0 Å². The van der Waals surface area contributed by atoms with Gasteiger partial charge in [-0.25, -0.2) is 4.79 Å². The molecule has 0 saturated heterocycles. The van der Waals surface area contributed by atoms with E-state index in [0.29, 0.717) is 0 Å². The van der Waals surface area contributed by atoms with Crippen LogP contribution in [0.3, 0.4) is 0 Å². The van der Waals surface area contributed by atoms with Gasteiger partial charge in [-0.05, 0) is 5.53 Å². The van der Waals surface area contributed by atoms with Gasteiger partial charge < -0.3 is 4.74 Å². The van der Waals surface area contributed by atoms with Crippen LogP contribution >= 0.6 is 34.8 Å². The molecular formula is C3H2Cl3N3O2. The molecule has 0 radical (unpaired) electrons. The van der Waals surface area contributed by atoms with Gasteiger partial charge in [-0.1, -0.05) is 34.8 Å². The molecule has 0 fully saturated rings. The summed E-state index contributed by atoms with van der Waals surface area (Å²) in [4.78, 5) is 12.4. The summed E-state index contributed by atoms with van der Waals surface area (Å²) in [5, 5.41) is 2.57. The van der Waals surface area contributed by atoms with E-state index in [4.69, 9.17) is 40.3 Å². The third-order valence-corrected chi connectivity index (χ3v) is 0.813. The van der Waals surface area contributed by atoms with E-state index in [1.54, 1.807) is 0 Å². The molecule has 0 aliphatic rings. The first-order chi connectivity index (χ1) is 4.95. The van der Waals surface area contributed by atoms with Crippen molar-refractivity contribution in [2.45, 2.75) is 3.79 Å². The number of carbonyl (C=O) groups is 1. The Morgan fingerprint density at radius 1 is 1.64 bits per heavy atom. The molecule has 0 rings (SSSR count). The number of nitrogens with zero attached hydrogens (tertiary/aromatic N) is 3. The van der Waals surface area contributed by atoms with Gasteiger partial charge in [-0.2, -0.15) is 0 Å². The molecule has 1 amide bonds. The fourth-order valence-electron chi connectivity index (χ4n) is 0.209. The lowest BCUT2D eigenvalue weighted by Gasteiger charge is -2.08. The SMILES string of the molecule is [N-]=[N+]=NC(=O)OCC(Cl)(Cl)Cl. The first kappa shape index (κ1) is 10.7. The Labute approximate surface area is 76.8 Å². The molecule has 0 saturated carbocycles. The van der Waals surface area contributed by atoms with Crippen molar-refractivity contribution in [1.29, 1.82) is 0 Å². The number of carbonyl (C=O) groups excluding carboxylic acids is 1. The van der Waals surface area contributed by atoms with Crippen molar-refractivity contribution >= 4 is 40.9 Å². The fourth-order valence-corrected chi connectivity index (χ4v) is 0.373. The van der Waals surface area contributed by atoms with Gasteiger partial charge in [0.1, 0.15) is 6.61 Å². The van der Waals surface area contributed by atoms with Gasteiger partial charge in [0.05, 0.1) is 0 Å². The average Bonchev–Trinajstić information content (AvgIpc) is 1.83. The molecule has 0 aromatic rings. The van der Waals surface area contributed by atoms with E-state index < -0.39 is 16.5 Å². The minimum Gasteiger partial charge on any atom is -0.456 e. The largest absolute Gasteiger partial charge is 0.456 e. The summed E-state index contributed by atoms with van der Waals surface area (Å²) in [6, 6.07) is 0. The molecule has 8 heteroatoms. The van der Waals surface area contributed by atoms with E-state index in [2.05, 4.69) is 14.8 Å². The standard InChI is InChI=1S/C3H2Cl3N3O2/c4-3(5,6)1-11-2(10)8-9-7/h1H2. The fraction of sp³-hybridized carbons (Fsp3) is 0.667. The summed E-state index contributed by atoms with van der Waals surface area (Å²) < 4.78 is 2.51. The molecule has 0 aromatic heterocycles. The highest BCUT2D eigenvalue weighted by atomic mass is 35.6. The van der Waals surface area contributed by atoms with Crippen LogP contribution in [-0.2, 0) is 4.74 Å². The van der Waals surface area contributed by atoms with Crippen LogP contribution in [0.5, 0.6) is 0 Å². The number of ether oxygens (including phenoxy) is 1. The summed E-state index contributed by atoms with van der Waals surface area (Å²) in [6.45, 7) is -0.449. The lowest BCUT2D eigenvalue weighted by molar-refractivity contribution is 0.159. The van der Waals surface area contributed by atoms with Crippen LogP contribution in [-0.4, -0.2) is 16.5 Å². The minimum atomic E-state index is -1.68. The van der Waals surface area contributed by atoms with Crippen LogP contribution in [0.1, 0.15) is 0 Å². The maximum Gasteiger partial charge on any atom is 0.396 e.